The fourth-order valence-electron chi connectivity index (χ4n) is 11.0. The molecule has 0 aromatic heterocycles. The molecule has 10 rings (SSSR count). The Morgan fingerprint density at radius 3 is 2.23 bits per heavy atom. The number of phenolic OH excluding ortho intramolecular Hbond substituents is 1. The lowest BCUT2D eigenvalue weighted by Gasteiger charge is -2.48. The number of carboxylic acids is 1. The molecule has 60 heavy (non-hydrogen) atoms. The van der Waals surface area contributed by atoms with E-state index in [0.29, 0.717) is 11.2 Å². The van der Waals surface area contributed by atoms with Gasteiger partial charge in [0.15, 0.2) is 10.5 Å². The van der Waals surface area contributed by atoms with Gasteiger partial charge in [-0.05, 0) is 128 Å². The van der Waals surface area contributed by atoms with Gasteiger partial charge < -0.3 is 29.2 Å². The van der Waals surface area contributed by atoms with Gasteiger partial charge in [-0.2, -0.15) is 0 Å². The van der Waals surface area contributed by atoms with Gasteiger partial charge in [0, 0.05) is 27.5 Å². The van der Waals surface area contributed by atoms with Gasteiger partial charge in [-0.1, -0.05) is 85.6 Å². The summed E-state index contributed by atoms with van der Waals surface area (Å²) in [7, 11) is 0. The summed E-state index contributed by atoms with van der Waals surface area (Å²) in [4.78, 5) is 23.4. The molecule has 2 spiro atoms. The van der Waals surface area contributed by atoms with Crippen molar-refractivity contribution in [1.29, 1.82) is 0 Å². The Bertz CT molecular complexity index is 2540. The predicted molar refractivity (Wildman–Crippen MR) is 233 cm³/mol. The molecule has 9 heteroatoms. The molecule has 3 aliphatic carbocycles. The number of aromatic hydroxyl groups is 1. The Balaban J connectivity index is 1.09. The summed E-state index contributed by atoms with van der Waals surface area (Å²) in [6.45, 7) is 4.37. The molecule has 2 N–H and O–H groups in total. The van der Waals surface area contributed by atoms with E-state index >= 15 is 0 Å². The lowest BCUT2D eigenvalue weighted by molar-refractivity contribution is -0.148. The van der Waals surface area contributed by atoms with Crippen molar-refractivity contribution < 1.29 is 38.7 Å². The minimum Gasteiger partial charge on any atom is -0.508 e. The van der Waals surface area contributed by atoms with Gasteiger partial charge in [-0.15, -0.1) is 0 Å². The van der Waals surface area contributed by atoms with Crippen molar-refractivity contribution in [2.75, 3.05) is 13.2 Å². The van der Waals surface area contributed by atoms with Crippen LogP contribution in [0.2, 0.25) is 0 Å². The Hall–Kier alpha value is -5.41. The van der Waals surface area contributed by atoms with Gasteiger partial charge in [0.1, 0.15) is 36.2 Å². The standard InChI is InChI=1S/C51H50O8S/c1-48(2)58-41-30-38-39(31-42(41)60-48)47-37(46-45(38)36-8-4-5-9-40(36)50(46)26-24-49(25-27-50)21-6-3-7-22-49)20-23-51(59-47,32-10-14-34(52)15-11-32)33-12-16-35(17-13-33)56-28-29-57-44(55)19-18-43(53)54/h4-5,8-17,20,23,30-31,52H,3,6-7,18-19,21-22,24-29H2,1-2H3,(H,53,54). The zero-order valence-corrected chi connectivity index (χ0v) is 35.0. The summed E-state index contributed by atoms with van der Waals surface area (Å²) in [6.07, 6.45) is 15.5. The number of carbonyl (C=O) groups excluding carboxylic acids is 1. The normalized spacial score (nSPS) is 21.0. The third-order valence-electron chi connectivity index (χ3n) is 13.8. The number of fused-ring (bicyclic) bond motifs is 11. The van der Waals surface area contributed by atoms with E-state index in [0.717, 1.165) is 56.7 Å². The molecule has 0 amide bonds. The molecule has 8 nitrogen and oxygen atoms in total. The number of phenols is 1. The van der Waals surface area contributed by atoms with E-state index in [2.05, 4.69) is 62.4 Å². The van der Waals surface area contributed by atoms with Crippen LogP contribution in [0.25, 0.3) is 28.0 Å². The smallest absolute Gasteiger partial charge is 0.306 e. The summed E-state index contributed by atoms with van der Waals surface area (Å²) < 4.78 is 25.4. The highest BCUT2D eigenvalue weighted by Crippen LogP contribution is 2.66. The second kappa shape index (κ2) is 14.6. The third-order valence-corrected chi connectivity index (χ3v) is 14.9. The Labute approximate surface area is 354 Å². The van der Waals surface area contributed by atoms with Crippen molar-refractivity contribution in [2.45, 2.75) is 105 Å². The number of carbonyl (C=O) groups is 2. The van der Waals surface area contributed by atoms with Crippen LogP contribution in [0.15, 0.2) is 95.9 Å². The van der Waals surface area contributed by atoms with Crippen LogP contribution in [0.1, 0.15) is 112 Å². The molecule has 2 fully saturated rings. The van der Waals surface area contributed by atoms with Crippen LogP contribution in [0, 0.1) is 5.41 Å². The minimum absolute atomic E-state index is 0.00817. The van der Waals surface area contributed by atoms with Crippen molar-refractivity contribution in [2.24, 2.45) is 5.41 Å². The van der Waals surface area contributed by atoms with E-state index in [9.17, 15) is 14.7 Å². The Morgan fingerprint density at radius 2 is 1.50 bits per heavy atom. The molecule has 308 valence electrons. The molecule has 2 heterocycles. The van der Waals surface area contributed by atoms with Crippen LogP contribution in [0.5, 0.6) is 23.0 Å². The first-order chi connectivity index (χ1) is 29.0. The third kappa shape index (κ3) is 6.51. The van der Waals surface area contributed by atoms with Crippen molar-refractivity contribution in [3.63, 3.8) is 0 Å². The quantitative estimate of drug-likeness (QED) is 0.111. The van der Waals surface area contributed by atoms with E-state index in [1.807, 2.05) is 36.4 Å². The van der Waals surface area contributed by atoms with Crippen LogP contribution in [-0.4, -0.2) is 40.3 Å². The second-order valence-electron chi connectivity index (χ2n) is 17.8. The molecule has 2 aliphatic heterocycles. The van der Waals surface area contributed by atoms with Gasteiger partial charge >= 0.3 is 11.9 Å². The molecule has 2 saturated carbocycles. The highest BCUT2D eigenvalue weighted by atomic mass is 32.2. The molecular formula is C51H50O8S. The van der Waals surface area contributed by atoms with Crippen LogP contribution in [-0.2, 0) is 25.3 Å². The molecule has 0 saturated heterocycles. The Morgan fingerprint density at radius 1 is 0.783 bits per heavy atom. The monoisotopic (exact) mass is 822 g/mol. The first-order valence-electron chi connectivity index (χ1n) is 21.4. The molecule has 5 aliphatic rings. The Kier molecular flexibility index (Phi) is 9.47. The summed E-state index contributed by atoms with van der Waals surface area (Å²) in [6, 6.07) is 28.7. The fourth-order valence-corrected chi connectivity index (χ4v) is 12.0. The number of carboxylic acid groups (broad SMARTS) is 1. The van der Waals surface area contributed by atoms with Crippen molar-refractivity contribution in [1.82, 2.24) is 0 Å². The maximum atomic E-state index is 11.9. The maximum absolute atomic E-state index is 11.9. The van der Waals surface area contributed by atoms with Gasteiger partial charge in [0.2, 0.25) is 0 Å². The summed E-state index contributed by atoms with van der Waals surface area (Å²) >= 11 is 1.73. The van der Waals surface area contributed by atoms with Gasteiger partial charge in [-0.3, -0.25) is 9.59 Å². The number of rotatable bonds is 9. The highest BCUT2D eigenvalue weighted by Gasteiger charge is 2.52. The molecule has 0 radical (unpaired) electrons. The van der Waals surface area contributed by atoms with Crippen LogP contribution in [0.3, 0.4) is 0 Å². The number of thioether (sulfide) groups is 1. The zero-order valence-electron chi connectivity index (χ0n) is 34.2. The van der Waals surface area contributed by atoms with E-state index in [1.54, 1.807) is 23.9 Å². The summed E-state index contributed by atoms with van der Waals surface area (Å²) in [5.74, 6) is 0.906. The minimum atomic E-state index is -1.06. The largest absolute Gasteiger partial charge is 0.508 e. The number of aliphatic carboxylic acids is 1. The zero-order chi connectivity index (χ0) is 41.3. The molecule has 1 atom stereocenters. The van der Waals surface area contributed by atoms with Crippen LogP contribution in [0.4, 0.5) is 0 Å². The van der Waals surface area contributed by atoms with Crippen LogP contribution >= 0.6 is 11.8 Å². The number of hydrogen-bond donors (Lipinski definition) is 2. The lowest BCUT2D eigenvalue weighted by atomic mass is 9.56. The first kappa shape index (κ1) is 38.8. The van der Waals surface area contributed by atoms with E-state index in [1.165, 1.54) is 67.2 Å². The van der Waals surface area contributed by atoms with Gasteiger partial charge in [-0.25, -0.2) is 0 Å². The highest BCUT2D eigenvalue weighted by molar-refractivity contribution is 8.00. The van der Waals surface area contributed by atoms with Crippen molar-refractivity contribution >= 4 is 40.5 Å². The molecule has 0 bridgehead atoms. The van der Waals surface area contributed by atoms with Crippen molar-refractivity contribution in [3.8, 4) is 34.1 Å². The average molecular weight is 823 g/mol. The van der Waals surface area contributed by atoms with Crippen molar-refractivity contribution in [3.05, 3.63) is 119 Å². The van der Waals surface area contributed by atoms with E-state index in [-0.39, 0.29) is 37.2 Å². The SMILES string of the molecule is CC1(C)Oc2cc3c4c(c5c(c3cc2S1)OC(c1ccc(O)cc1)(c1ccc(OCCOC(=O)CCC(=O)O)cc1)C=C5)C1(CCC2(CCCCC2)CC1)c1ccccc1-4. The fraction of sp³-hybridized carbons (Fsp3) is 0.373. The van der Waals surface area contributed by atoms with E-state index in [4.69, 9.17) is 24.1 Å². The molecule has 5 aromatic rings. The van der Waals surface area contributed by atoms with Crippen LogP contribution < -0.4 is 14.2 Å². The number of ether oxygens (including phenoxy) is 4. The lowest BCUT2D eigenvalue weighted by Crippen LogP contribution is -2.39. The second-order valence-corrected chi connectivity index (χ2v) is 19.5. The topological polar surface area (TPSA) is 112 Å². The molecule has 5 aromatic carbocycles. The average Bonchev–Trinajstić information content (AvgIpc) is 3.72. The maximum Gasteiger partial charge on any atom is 0.306 e. The number of hydrogen-bond acceptors (Lipinski definition) is 8. The predicted octanol–water partition coefficient (Wildman–Crippen LogP) is 11.7. The number of esters is 1. The van der Waals surface area contributed by atoms with Gasteiger partial charge in [0.05, 0.1) is 17.7 Å². The molecule has 1 unspecified atom stereocenters. The summed E-state index contributed by atoms with van der Waals surface area (Å²) in [5.41, 5.74) is 7.57. The van der Waals surface area contributed by atoms with Gasteiger partial charge in [0.25, 0.3) is 0 Å². The summed E-state index contributed by atoms with van der Waals surface area (Å²) in [5, 5.41) is 21.5. The molecular weight excluding hydrogens is 773 g/mol. The first-order valence-corrected chi connectivity index (χ1v) is 22.2. The number of benzene rings is 5. The van der Waals surface area contributed by atoms with E-state index < -0.39 is 22.5 Å².